The molecule has 9 heteroatoms. The molecule has 7 nitrogen and oxygen atoms in total. The molecule has 0 fully saturated rings. The van der Waals surface area contributed by atoms with E-state index in [1.165, 1.54) is 23.4 Å². The summed E-state index contributed by atoms with van der Waals surface area (Å²) in [6.45, 7) is 0.276. The average Bonchev–Trinajstić information content (AvgIpc) is 2.99. The molecule has 4 rings (SSSR count). The van der Waals surface area contributed by atoms with Gasteiger partial charge in [0.25, 0.3) is 5.56 Å². The number of hydrogen-bond acceptors (Lipinski definition) is 6. The summed E-state index contributed by atoms with van der Waals surface area (Å²) in [6.07, 6.45) is 1.82. The van der Waals surface area contributed by atoms with E-state index in [1.807, 2.05) is 16.5 Å². The monoisotopic (exact) mass is 434 g/mol. The molecule has 26 heavy (non-hydrogen) atoms. The second-order valence-electron chi connectivity index (χ2n) is 6.13. The third-order valence-corrected chi connectivity index (χ3v) is 5.94. The van der Waals surface area contributed by atoms with Crippen molar-refractivity contribution in [2.24, 2.45) is 19.1 Å². The lowest BCUT2D eigenvalue weighted by Gasteiger charge is -2.26. The predicted molar refractivity (Wildman–Crippen MR) is 104 cm³/mol. The fourth-order valence-corrected chi connectivity index (χ4v) is 4.22. The van der Waals surface area contributed by atoms with Crippen molar-refractivity contribution >= 4 is 32.9 Å². The van der Waals surface area contributed by atoms with Gasteiger partial charge in [-0.1, -0.05) is 39.8 Å². The van der Waals surface area contributed by atoms with Crippen molar-refractivity contribution in [2.45, 2.75) is 12.3 Å². The van der Waals surface area contributed by atoms with Crippen molar-refractivity contribution in [3.8, 4) is 0 Å². The summed E-state index contributed by atoms with van der Waals surface area (Å²) in [5.41, 5.74) is -1.88. The van der Waals surface area contributed by atoms with E-state index in [2.05, 4.69) is 20.9 Å². The second-order valence-corrected chi connectivity index (χ2v) is 7.92. The zero-order valence-corrected chi connectivity index (χ0v) is 16.4. The molecule has 3 heterocycles. The quantitative estimate of drug-likeness (QED) is 0.734. The van der Waals surface area contributed by atoms with E-state index in [0.29, 0.717) is 16.4 Å². The molecule has 2 aliphatic heterocycles. The average molecular weight is 435 g/mol. The first-order chi connectivity index (χ1) is 12.3. The maximum atomic E-state index is 13.0. The van der Waals surface area contributed by atoms with Crippen LogP contribution in [0.4, 0.5) is 0 Å². The molecule has 2 aromatic rings. The number of hydrogen-bond donors (Lipinski definition) is 1. The normalized spacial score (nSPS) is 21.2. The van der Waals surface area contributed by atoms with E-state index in [0.717, 1.165) is 9.04 Å². The van der Waals surface area contributed by atoms with Gasteiger partial charge in [-0.25, -0.2) is 9.79 Å². The molecule has 0 saturated heterocycles. The number of aliphatic hydroxyl groups is 1. The number of benzene rings is 1. The summed E-state index contributed by atoms with van der Waals surface area (Å²) < 4.78 is 3.25. The molecule has 0 radical (unpaired) electrons. The maximum absolute atomic E-state index is 13.0. The predicted octanol–water partition coefficient (Wildman–Crippen LogP) is 1.43. The van der Waals surface area contributed by atoms with Crippen LogP contribution in [0.1, 0.15) is 16.8 Å². The van der Waals surface area contributed by atoms with Crippen LogP contribution in [0.5, 0.6) is 0 Å². The number of thioether (sulfide) groups is 1. The van der Waals surface area contributed by atoms with E-state index in [1.54, 1.807) is 31.3 Å². The molecule has 0 bridgehead atoms. The highest BCUT2D eigenvalue weighted by atomic mass is 79.9. The minimum absolute atomic E-state index is 0.0975. The lowest BCUT2D eigenvalue weighted by Crippen LogP contribution is -2.46. The first-order valence-corrected chi connectivity index (χ1v) is 9.48. The van der Waals surface area contributed by atoms with Gasteiger partial charge in [-0.05, 0) is 17.5 Å². The number of amidine groups is 1. The summed E-state index contributed by atoms with van der Waals surface area (Å²) in [5, 5.41) is 14.1. The molecule has 1 aromatic carbocycles. The SMILES string of the molecule is Cn1c2c(c(=O)n(C)c1=O)[C@@](O)(c1ccc(Br)cc1)N=C1SC=CN1C2. The number of aromatic nitrogens is 2. The van der Waals surface area contributed by atoms with Gasteiger partial charge in [0.15, 0.2) is 5.17 Å². The number of nitrogens with zero attached hydrogens (tertiary/aromatic N) is 4. The van der Waals surface area contributed by atoms with E-state index in [-0.39, 0.29) is 12.1 Å². The van der Waals surface area contributed by atoms with Crippen LogP contribution < -0.4 is 11.2 Å². The highest BCUT2D eigenvalue weighted by Gasteiger charge is 2.42. The molecule has 0 spiro atoms. The van der Waals surface area contributed by atoms with Gasteiger partial charge in [0, 0.05) is 30.3 Å². The van der Waals surface area contributed by atoms with Crippen LogP contribution in [-0.2, 0) is 26.4 Å². The summed E-state index contributed by atoms with van der Waals surface area (Å²) in [5.74, 6) is 0. The van der Waals surface area contributed by atoms with E-state index in [9.17, 15) is 14.7 Å². The van der Waals surface area contributed by atoms with Gasteiger partial charge < -0.3 is 10.0 Å². The van der Waals surface area contributed by atoms with Crippen LogP contribution in [0, 0.1) is 0 Å². The van der Waals surface area contributed by atoms with Crippen molar-refractivity contribution in [1.29, 1.82) is 0 Å². The summed E-state index contributed by atoms with van der Waals surface area (Å²) in [6, 6.07) is 6.99. The third kappa shape index (κ3) is 2.42. The Kier molecular flexibility index (Phi) is 3.98. The lowest BCUT2D eigenvalue weighted by atomic mass is 9.94. The Morgan fingerprint density at radius 1 is 1.19 bits per heavy atom. The van der Waals surface area contributed by atoms with Crippen LogP contribution in [0.25, 0.3) is 0 Å². The van der Waals surface area contributed by atoms with Gasteiger partial charge in [-0.2, -0.15) is 0 Å². The first-order valence-electron chi connectivity index (χ1n) is 7.80. The minimum Gasteiger partial charge on any atom is -0.362 e. The second kappa shape index (κ2) is 5.97. The minimum atomic E-state index is -1.89. The van der Waals surface area contributed by atoms with Gasteiger partial charge in [0.05, 0.1) is 17.8 Å². The molecule has 1 N–H and O–H groups in total. The molecular formula is C17H15BrN4O3S. The maximum Gasteiger partial charge on any atom is 0.330 e. The van der Waals surface area contributed by atoms with Gasteiger partial charge in [-0.15, -0.1) is 0 Å². The fourth-order valence-electron chi connectivity index (χ4n) is 3.18. The summed E-state index contributed by atoms with van der Waals surface area (Å²) in [7, 11) is 3.00. The zero-order chi connectivity index (χ0) is 18.6. The first kappa shape index (κ1) is 17.3. The molecular weight excluding hydrogens is 420 g/mol. The van der Waals surface area contributed by atoms with Crippen LogP contribution >= 0.6 is 27.7 Å². The van der Waals surface area contributed by atoms with Crippen molar-refractivity contribution in [1.82, 2.24) is 14.0 Å². The number of halogens is 1. The van der Waals surface area contributed by atoms with Gasteiger partial charge in [0.1, 0.15) is 0 Å². The molecule has 1 aromatic heterocycles. The van der Waals surface area contributed by atoms with Gasteiger partial charge >= 0.3 is 5.69 Å². The standard InChI is InChI=1S/C17H15BrN4O3S/c1-20-12-9-22-7-8-26-15(22)19-17(25,10-3-5-11(18)6-4-10)13(12)14(23)21(2)16(20)24/h3-8,25H,9H2,1-2H3/t17-/m0/s1. The Bertz CT molecular complexity index is 1090. The molecule has 0 aliphatic carbocycles. The van der Waals surface area contributed by atoms with Crippen molar-refractivity contribution in [3.63, 3.8) is 0 Å². The Morgan fingerprint density at radius 2 is 1.88 bits per heavy atom. The van der Waals surface area contributed by atoms with Crippen LogP contribution in [0.3, 0.4) is 0 Å². The highest BCUT2D eigenvalue weighted by molar-refractivity contribution is 9.10. The van der Waals surface area contributed by atoms with Gasteiger partial charge in [-0.3, -0.25) is 13.9 Å². The Hall–Kier alpha value is -2.10. The van der Waals surface area contributed by atoms with Crippen LogP contribution in [-0.4, -0.2) is 24.3 Å². The Labute approximate surface area is 161 Å². The van der Waals surface area contributed by atoms with Crippen molar-refractivity contribution in [2.75, 3.05) is 0 Å². The summed E-state index contributed by atoms with van der Waals surface area (Å²) >= 11 is 4.74. The summed E-state index contributed by atoms with van der Waals surface area (Å²) in [4.78, 5) is 31.8. The van der Waals surface area contributed by atoms with E-state index < -0.39 is 17.0 Å². The van der Waals surface area contributed by atoms with Gasteiger partial charge in [0.2, 0.25) is 5.72 Å². The fraction of sp³-hybridized carbons (Fsp3) is 0.235. The molecule has 0 unspecified atom stereocenters. The van der Waals surface area contributed by atoms with E-state index in [4.69, 9.17) is 0 Å². The lowest BCUT2D eigenvalue weighted by molar-refractivity contribution is 0.0880. The zero-order valence-electron chi connectivity index (χ0n) is 14.0. The van der Waals surface area contributed by atoms with Crippen LogP contribution in [0.2, 0.25) is 0 Å². The topological polar surface area (TPSA) is 79.8 Å². The highest BCUT2D eigenvalue weighted by Crippen LogP contribution is 2.37. The van der Waals surface area contributed by atoms with E-state index >= 15 is 0 Å². The largest absolute Gasteiger partial charge is 0.362 e. The third-order valence-electron chi connectivity index (χ3n) is 4.62. The molecule has 0 saturated carbocycles. The van der Waals surface area contributed by atoms with Crippen molar-refractivity contribution in [3.05, 3.63) is 78.0 Å². The number of aliphatic imine (C=N–C) groups is 1. The van der Waals surface area contributed by atoms with Crippen molar-refractivity contribution < 1.29 is 5.11 Å². The van der Waals surface area contributed by atoms with Crippen LogP contribution in [0.15, 0.2) is 54.9 Å². The number of rotatable bonds is 1. The Morgan fingerprint density at radius 3 is 2.58 bits per heavy atom. The Balaban J connectivity index is 2.11. The molecule has 2 aliphatic rings. The smallest absolute Gasteiger partial charge is 0.330 e. The molecule has 134 valence electrons. The molecule has 0 amide bonds. The molecule has 1 atom stereocenters. The number of fused-ring (bicyclic) bond motifs is 2.